The molecule has 1 N–H and O–H groups in total. The number of rotatable bonds is 32. The van der Waals surface area contributed by atoms with Crippen molar-refractivity contribution >= 4 is 11.9 Å². The van der Waals surface area contributed by atoms with Gasteiger partial charge in [-0.2, -0.15) is 0 Å². The molecule has 0 aliphatic carbocycles. The zero-order chi connectivity index (χ0) is 29.2. The molecule has 4 heteroatoms. The standard InChI is InChI=1S/C36H66O4/c1-2-3-4-5-6-7-8-9-11-15-18-21-24-27-30-33-36(39)40-34-31-28-25-22-19-16-13-10-12-14-17-20-23-26-29-32-35(37)38/h6-7,9,11H,2-5,8,10,12-34H2,1H3,(H,37,38)/b7-6-,11-9-. The van der Waals surface area contributed by atoms with Gasteiger partial charge in [-0.05, 0) is 51.4 Å². The number of unbranched alkanes of at least 4 members (excludes halogenated alkanes) is 22. The van der Waals surface area contributed by atoms with E-state index in [1.165, 1.54) is 128 Å². The maximum atomic E-state index is 11.9. The van der Waals surface area contributed by atoms with Crippen LogP contribution in [0, 0.1) is 0 Å². The summed E-state index contributed by atoms with van der Waals surface area (Å²) in [6.45, 7) is 2.84. The topological polar surface area (TPSA) is 63.6 Å². The van der Waals surface area contributed by atoms with E-state index < -0.39 is 5.97 Å². The van der Waals surface area contributed by atoms with Crippen LogP contribution in [0.25, 0.3) is 0 Å². The average Bonchev–Trinajstić information content (AvgIpc) is 2.94. The van der Waals surface area contributed by atoms with Gasteiger partial charge in [0.05, 0.1) is 6.61 Å². The van der Waals surface area contributed by atoms with E-state index in [4.69, 9.17) is 9.84 Å². The van der Waals surface area contributed by atoms with Crippen LogP contribution in [0.2, 0.25) is 0 Å². The van der Waals surface area contributed by atoms with Gasteiger partial charge in [0.15, 0.2) is 0 Å². The van der Waals surface area contributed by atoms with Crippen LogP contribution in [0.15, 0.2) is 24.3 Å². The lowest BCUT2D eigenvalue weighted by Gasteiger charge is -2.05. The minimum atomic E-state index is -0.668. The Labute approximate surface area is 248 Å². The van der Waals surface area contributed by atoms with Gasteiger partial charge >= 0.3 is 11.9 Å². The van der Waals surface area contributed by atoms with E-state index in [0.717, 1.165) is 38.5 Å². The highest BCUT2D eigenvalue weighted by Crippen LogP contribution is 2.14. The Morgan fingerprint density at radius 3 is 1.38 bits per heavy atom. The summed E-state index contributed by atoms with van der Waals surface area (Å²) in [6.07, 6.45) is 41.8. The minimum Gasteiger partial charge on any atom is -0.481 e. The predicted molar refractivity (Wildman–Crippen MR) is 172 cm³/mol. The van der Waals surface area contributed by atoms with Gasteiger partial charge in [0, 0.05) is 12.8 Å². The molecule has 234 valence electrons. The van der Waals surface area contributed by atoms with Crippen molar-refractivity contribution in [2.45, 2.75) is 187 Å². The molecule has 40 heavy (non-hydrogen) atoms. The molecule has 0 amide bonds. The molecule has 0 rings (SSSR count). The maximum absolute atomic E-state index is 11.9. The molecule has 0 spiro atoms. The summed E-state index contributed by atoms with van der Waals surface area (Å²) in [5.74, 6) is -0.678. The van der Waals surface area contributed by atoms with Crippen LogP contribution >= 0.6 is 0 Å². The summed E-state index contributed by atoms with van der Waals surface area (Å²) in [4.78, 5) is 22.4. The maximum Gasteiger partial charge on any atom is 0.305 e. The molecule has 0 aliphatic rings. The third-order valence-electron chi connectivity index (χ3n) is 7.63. The number of hydrogen-bond acceptors (Lipinski definition) is 3. The second-order valence-corrected chi connectivity index (χ2v) is 11.6. The van der Waals surface area contributed by atoms with Crippen LogP contribution in [-0.4, -0.2) is 23.7 Å². The number of aliphatic carboxylic acids is 1. The largest absolute Gasteiger partial charge is 0.481 e. The van der Waals surface area contributed by atoms with Crippen molar-refractivity contribution in [3.63, 3.8) is 0 Å². The number of carboxylic acids is 1. The molecule has 0 aromatic carbocycles. The van der Waals surface area contributed by atoms with Gasteiger partial charge in [-0.25, -0.2) is 0 Å². The van der Waals surface area contributed by atoms with Gasteiger partial charge in [-0.15, -0.1) is 0 Å². The number of allylic oxidation sites excluding steroid dienone is 4. The molecule has 0 bridgehead atoms. The van der Waals surface area contributed by atoms with Crippen LogP contribution in [0.1, 0.15) is 187 Å². The summed E-state index contributed by atoms with van der Waals surface area (Å²) in [6, 6.07) is 0. The molecule has 0 aromatic heterocycles. The molecular weight excluding hydrogens is 496 g/mol. The Balaban J connectivity index is 3.22. The third-order valence-corrected chi connectivity index (χ3v) is 7.63. The number of carbonyl (C=O) groups is 2. The molecule has 0 unspecified atom stereocenters. The summed E-state index contributed by atoms with van der Waals surface area (Å²) < 4.78 is 5.41. The molecule has 0 aliphatic heterocycles. The van der Waals surface area contributed by atoms with Crippen LogP contribution < -0.4 is 0 Å². The molecule has 0 aromatic rings. The quantitative estimate of drug-likeness (QED) is 0.0503. The van der Waals surface area contributed by atoms with E-state index >= 15 is 0 Å². The number of ether oxygens (including phenoxy) is 1. The SMILES string of the molecule is CCCCC/C=C\C/C=C\CCCCCCCC(=O)OCCCCCCCCCCCCCCCCCC(=O)O. The first-order valence-corrected chi connectivity index (χ1v) is 17.3. The van der Waals surface area contributed by atoms with E-state index in [1.54, 1.807) is 0 Å². The molecule has 0 saturated carbocycles. The second kappa shape index (κ2) is 33.6. The third kappa shape index (κ3) is 34.4. The highest BCUT2D eigenvalue weighted by molar-refractivity contribution is 5.69. The highest BCUT2D eigenvalue weighted by Gasteiger charge is 2.02. The monoisotopic (exact) mass is 562 g/mol. The lowest BCUT2D eigenvalue weighted by molar-refractivity contribution is -0.144. The summed E-state index contributed by atoms with van der Waals surface area (Å²) in [5.41, 5.74) is 0. The van der Waals surface area contributed by atoms with Gasteiger partial charge in [0.1, 0.15) is 0 Å². The number of carbonyl (C=O) groups excluding carboxylic acids is 1. The minimum absolute atomic E-state index is 0.0103. The molecule has 4 nitrogen and oxygen atoms in total. The van der Waals surface area contributed by atoms with Crippen LogP contribution in [0.3, 0.4) is 0 Å². The Bertz CT molecular complexity index is 596. The van der Waals surface area contributed by atoms with Gasteiger partial charge in [0.2, 0.25) is 0 Å². The van der Waals surface area contributed by atoms with Crippen molar-refractivity contribution in [3.05, 3.63) is 24.3 Å². The van der Waals surface area contributed by atoms with E-state index in [2.05, 4.69) is 31.2 Å². The Kier molecular flexibility index (Phi) is 32.3. The molecule has 0 radical (unpaired) electrons. The first kappa shape index (κ1) is 38.4. The van der Waals surface area contributed by atoms with E-state index in [-0.39, 0.29) is 5.97 Å². The Morgan fingerprint density at radius 2 is 0.900 bits per heavy atom. The van der Waals surface area contributed by atoms with Crippen molar-refractivity contribution in [2.24, 2.45) is 0 Å². The zero-order valence-corrected chi connectivity index (χ0v) is 26.5. The fraction of sp³-hybridized carbons (Fsp3) is 0.833. The number of esters is 1. The van der Waals surface area contributed by atoms with Gasteiger partial charge < -0.3 is 9.84 Å². The number of hydrogen-bond donors (Lipinski definition) is 1. The van der Waals surface area contributed by atoms with Gasteiger partial charge in [0.25, 0.3) is 0 Å². The first-order valence-electron chi connectivity index (χ1n) is 17.3. The Morgan fingerprint density at radius 1 is 0.500 bits per heavy atom. The Hall–Kier alpha value is -1.58. The second-order valence-electron chi connectivity index (χ2n) is 11.6. The number of carboxylic acid groups (broad SMARTS) is 1. The van der Waals surface area contributed by atoms with Gasteiger partial charge in [-0.3, -0.25) is 9.59 Å². The van der Waals surface area contributed by atoms with Crippen molar-refractivity contribution in [3.8, 4) is 0 Å². The van der Waals surface area contributed by atoms with Crippen LogP contribution in [0.5, 0.6) is 0 Å². The highest BCUT2D eigenvalue weighted by atomic mass is 16.5. The molecule has 0 fully saturated rings. The van der Waals surface area contributed by atoms with E-state index in [0.29, 0.717) is 19.4 Å². The van der Waals surface area contributed by atoms with Gasteiger partial charge in [-0.1, -0.05) is 147 Å². The normalized spacial score (nSPS) is 11.6. The average molecular weight is 563 g/mol. The molecule has 0 atom stereocenters. The zero-order valence-electron chi connectivity index (χ0n) is 26.5. The smallest absolute Gasteiger partial charge is 0.305 e. The van der Waals surface area contributed by atoms with Crippen LogP contribution in [0.4, 0.5) is 0 Å². The summed E-state index contributed by atoms with van der Waals surface area (Å²) in [5, 5.41) is 8.62. The van der Waals surface area contributed by atoms with Crippen LogP contribution in [-0.2, 0) is 14.3 Å². The van der Waals surface area contributed by atoms with Crippen molar-refractivity contribution in [1.29, 1.82) is 0 Å². The van der Waals surface area contributed by atoms with Crippen molar-refractivity contribution < 1.29 is 19.4 Å². The van der Waals surface area contributed by atoms with E-state index in [9.17, 15) is 9.59 Å². The van der Waals surface area contributed by atoms with Crippen molar-refractivity contribution in [1.82, 2.24) is 0 Å². The predicted octanol–water partition coefficient (Wildman–Crippen LogP) is 11.7. The lowest BCUT2D eigenvalue weighted by atomic mass is 10.0. The first-order chi connectivity index (χ1) is 19.7. The summed E-state index contributed by atoms with van der Waals surface area (Å²) in [7, 11) is 0. The molecule has 0 saturated heterocycles. The molecular formula is C36H66O4. The molecule has 0 heterocycles. The fourth-order valence-corrected chi connectivity index (χ4v) is 5.02. The fourth-order valence-electron chi connectivity index (χ4n) is 5.02. The van der Waals surface area contributed by atoms with E-state index in [1.807, 2.05) is 0 Å². The lowest BCUT2D eigenvalue weighted by Crippen LogP contribution is -2.05. The van der Waals surface area contributed by atoms with Crippen molar-refractivity contribution in [2.75, 3.05) is 6.61 Å². The summed E-state index contributed by atoms with van der Waals surface area (Å²) >= 11 is 0.